The van der Waals surface area contributed by atoms with Gasteiger partial charge in [0.2, 0.25) is 11.8 Å². The number of rotatable bonds is 12. The average Bonchev–Trinajstić information content (AvgIpc) is 3.09. The first-order valence-corrected chi connectivity index (χ1v) is 16.1. The van der Waals surface area contributed by atoms with Gasteiger partial charge in [0, 0.05) is 13.8 Å². The summed E-state index contributed by atoms with van der Waals surface area (Å²) in [5, 5.41) is 129. The third-order valence-corrected chi connectivity index (χ3v) is 8.99. The van der Waals surface area contributed by atoms with Crippen LogP contribution in [-0.2, 0) is 42.7 Å². The van der Waals surface area contributed by atoms with Crippen LogP contribution in [-0.4, -0.2) is 222 Å². The number of aliphatic hydroxyl groups excluding tert-OH is 12. The molecule has 23 heteroatoms. The van der Waals surface area contributed by atoms with Crippen LogP contribution in [0.5, 0.6) is 0 Å². The van der Waals surface area contributed by atoms with Gasteiger partial charge in [-0.15, -0.1) is 0 Å². The fourth-order valence-electron chi connectivity index (χ4n) is 6.25. The molecule has 23 nitrogen and oxygen atoms in total. The molecular weight excluding hydrogens is 700 g/mol. The smallest absolute Gasteiger partial charge is 0.217 e. The van der Waals surface area contributed by atoms with Gasteiger partial charge < -0.3 is 105 Å². The molecule has 4 fully saturated rings. The van der Waals surface area contributed by atoms with Crippen LogP contribution in [0.25, 0.3) is 0 Å². The second-order valence-electron chi connectivity index (χ2n) is 12.7. The zero-order chi connectivity index (χ0) is 37.9. The molecule has 0 spiro atoms. The Morgan fingerprint density at radius 1 is 0.510 bits per heavy atom. The van der Waals surface area contributed by atoms with Gasteiger partial charge in [0.25, 0.3) is 0 Å². The summed E-state index contributed by atoms with van der Waals surface area (Å²) in [5.74, 6) is -1.32. The Balaban J connectivity index is 1.45. The highest BCUT2D eigenvalue weighted by atomic mass is 16.8. The number of carbonyl (C=O) groups is 2. The maximum absolute atomic E-state index is 12.1. The molecule has 0 bridgehead atoms. The Kier molecular flexibility index (Phi) is 14.8. The van der Waals surface area contributed by atoms with Crippen molar-refractivity contribution in [1.29, 1.82) is 0 Å². The van der Waals surface area contributed by atoms with E-state index in [9.17, 15) is 70.9 Å². The lowest BCUT2D eigenvalue weighted by Gasteiger charge is -2.49. The van der Waals surface area contributed by atoms with Crippen molar-refractivity contribution in [3.8, 4) is 0 Å². The molecule has 0 saturated carbocycles. The maximum Gasteiger partial charge on any atom is 0.217 e. The molecule has 0 aromatic carbocycles. The second-order valence-corrected chi connectivity index (χ2v) is 12.7. The molecule has 0 unspecified atom stereocenters. The molecule has 4 saturated heterocycles. The summed E-state index contributed by atoms with van der Waals surface area (Å²) in [5.41, 5.74) is 0. The molecular formula is C28H48N2O21. The Hall–Kier alpha value is -1.82. The van der Waals surface area contributed by atoms with Crippen LogP contribution >= 0.6 is 0 Å². The van der Waals surface area contributed by atoms with Gasteiger partial charge in [-0.1, -0.05) is 0 Å². The van der Waals surface area contributed by atoms with Gasteiger partial charge in [0.1, 0.15) is 97.5 Å². The van der Waals surface area contributed by atoms with E-state index in [0.717, 1.165) is 13.8 Å². The van der Waals surface area contributed by atoms with Crippen LogP contribution in [0.1, 0.15) is 13.8 Å². The molecule has 0 aliphatic carbocycles. The zero-order valence-electron chi connectivity index (χ0n) is 27.4. The van der Waals surface area contributed by atoms with Gasteiger partial charge in [-0.3, -0.25) is 9.59 Å². The molecule has 4 heterocycles. The lowest BCUT2D eigenvalue weighted by Crippen LogP contribution is -2.68. The van der Waals surface area contributed by atoms with Gasteiger partial charge in [-0.05, 0) is 0 Å². The molecule has 4 aliphatic heterocycles. The van der Waals surface area contributed by atoms with Gasteiger partial charge in [-0.25, -0.2) is 0 Å². The van der Waals surface area contributed by atoms with Gasteiger partial charge in [-0.2, -0.15) is 0 Å². The van der Waals surface area contributed by atoms with Crippen molar-refractivity contribution < 1.29 is 104 Å². The second kappa shape index (κ2) is 18.0. The van der Waals surface area contributed by atoms with Crippen LogP contribution in [0.3, 0.4) is 0 Å². The summed E-state index contributed by atoms with van der Waals surface area (Å²) in [6, 6.07) is -2.86. The summed E-state index contributed by atoms with van der Waals surface area (Å²) in [7, 11) is 0. The SMILES string of the molecule is CC(=O)N[C@@H]1[C@@H](O)[C@@H](O)[C@@H](CO[C@@H]2O[C@H](CO)[C@@H](O[C@@H]3O[C@H](CO)[C@H](O[C@H]4O[C@H](CO)[C@H](O)[C@H](O)[C@H]4O)[C@H](O)[C@H]3O)[C@H](O)[C@H]2NC(C)=O)O[C@@H]1O. The average molecular weight is 749 g/mol. The van der Waals surface area contributed by atoms with E-state index in [1.165, 1.54) is 0 Å². The Morgan fingerprint density at radius 2 is 0.961 bits per heavy atom. The van der Waals surface area contributed by atoms with Gasteiger partial charge >= 0.3 is 0 Å². The number of hydrogen-bond acceptors (Lipinski definition) is 21. The maximum atomic E-state index is 12.1. The molecule has 0 aromatic heterocycles. The number of carbonyl (C=O) groups excluding carboxylic acids is 2. The summed E-state index contributed by atoms with van der Waals surface area (Å²) in [4.78, 5) is 23.5. The standard InChI is InChI=1S/C28H48N2O21/c1-7(34)29-13-17(38)16(37)12(46-25(13)44)6-45-26-14(30-8(2)35)18(39)23(10(4-32)48-26)50-28-22(43)20(41)24(11(5-33)49-28)51-27-21(42)19(40)15(36)9(3-31)47-27/h9-28,31-33,36-44H,3-6H2,1-2H3,(H,29,34)(H,30,35)/t9-,10-,11-,12-,13-,14-,15+,16+,17-,18-,19+,20-,21-,22-,23-,24+,25+,26-,27-,28+/m1/s1. The number of aliphatic hydroxyl groups is 12. The van der Waals surface area contributed by atoms with Crippen molar-refractivity contribution in [2.24, 2.45) is 0 Å². The third-order valence-electron chi connectivity index (χ3n) is 8.99. The summed E-state index contributed by atoms with van der Waals surface area (Å²) in [6.07, 6.45) is -30.8. The predicted molar refractivity (Wildman–Crippen MR) is 157 cm³/mol. The van der Waals surface area contributed by atoms with Crippen molar-refractivity contribution in [3.05, 3.63) is 0 Å². The first-order chi connectivity index (χ1) is 24.0. The van der Waals surface area contributed by atoms with E-state index in [4.69, 9.17) is 33.2 Å². The lowest BCUT2D eigenvalue weighted by molar-refractivity contribution is -0.375. The van der Waals surface area contributed by atoms with Crippen LogP contribution in [0, 0.1) is 0 Å². The minimum Gasteiger partial charge on any atom is -0.394 e. The molecule has 4 rings (SSSR count). The quantitative estimate of drug-likeness (QED) is 0.0881. The molecule has 14 N–H and O–H groups in total. The number of amides is 2. The topological polar surface area (TPSA) is 366 Å². The highest BCUT2D eigenvalue weighted by Crippen LogP contribution is 2.33. The fraction of sp³-hybridized carbons (Fsp3) is 0.929. The Morgan fingerprint density at radius 3 is 1.49 bits per heavy atom. The van der Waals surface area contributed by atoms with Gasteiger partial charge in [0.15, 0.2) is 25.2 Å². The molecule has 0 radical (unpaired) electrons. The van der Waals surface area contributed by atoms with Crippen LogP contribution in [0.15, 0.2) is 0 Å². The summed E-state index contributed by atoms with van der Waals surface area (Å²) >= 11 is 0. The van der Waals surface area contributed by atoms with E-state index in [1.807, 2.05) is 0 Å². The lowest BCUT2D eigenvalue weighted by atomic mass is 9.95. The molecule has 2 amide bonds. The first-order valence-electron chi connectivity index (χ1n) is 16.1. The molecule has 20 atom stereocenters. The highest BCUT2D eigenvalue weighted by molar-refractivity contribution is 5.73. The number of ether oxygens (including phenoxy) is 7. The largest absolute Gasteiger partial charge is 0.394 e. The van der Waals surface area contributed by atoms with Crippen molar-refractivity contribution in [2.45, 2.75) is 137 Å². The van der Waals surface area contributed by atoms with E-state index >= 15 is 0 Å². The fourth-order valence-corrected chi connectivity index (χ4v) is 6.25. The van der Waals surface area contributed by atoms with Crippen molar-refractivity contribution in [2.75, 3.05) is 26.4 Å². The van der Waals surface area contributed by atoms with Crippen molar-refractivity contribution in [1.82, 2.24) is 10.6 Å². The monoisotopic (exact) mass is 748 g/mol. The Bertz CT molecular complexity index is 1140. The van der Waals surface area contributed by atoms with Crippen LogP contribution in [0.2, 0.25) is 0 Å². The predicted octanol–water partition coefficient (Wildman–Crippen LogP) is -9.46. The molecule has 296 valence electrons. The third kappa shape index (κ3) is 9.29. The van der Waals surface area contributed by atoms with E-state index in [2.05, 4.69) is 10.6 Å². The van der Waals surface area contributed by atoms with Crippen LogP contribution < -0.4 is 10.6 Å². The van der Waals surface area contributed by atoms with Crippen molar-refractivity contribution >= 4 is 11.8 Å². The first kappa shape index (κ1) is 41.9. The Labute approximate surface area is 289 Å². The van der Waals surface area contributed by atoms with Crippen molar-refractivity contribution in [3.63, 3.8) is 0 Å². The molecule has 4 aliphatic rings. The van der Waals surface area contributed by atoms with E-state index in [1.54, 1.807) is 0 Å². The number of hydrogen-bond donors (Lipinski definition) is 14. The van der Waals surface area contributed by atoms with Gasteiger partial charge in [0.05, 0.1) is 26.4 Å². The van der Waals surface area contributed by atoms with E-state index < -0.39 is 161 Å². The minimum atomic E-state index is -2.02. The molecule has 51 heavy (non-hydrogen) atoms. The summed E-state index contributed by atoms with van der Waals surface area (Å²) < 4.78 is 38.8. The minimum absolute atomic E-state index is 0.619. The summed E-state index contributed by atoms with van der Waals surface area (Å²) in [6.45, 7) is -0.965. The van der Waals surface area contributed by atoms with E-state index in [0.29, 0.717) is 0 Å². The number of nitrogens with one attached hydrogen (secondary N) is 2. The van der Waals surface area contributed by atoms with E-state index in [-0.39, 0.29) is 0 Å². The highest BCUT2D eigenvalue weighted by Gasteiger charge is 2.54. The van der Waals surface area contributed by atoms with Crippen LogP contribution in [0.4, 0.5) is 0 Å². The molecule has 0 aromatic rings. The normalized spacial score (nSPS) is 47.8. The zero-order valence-corrected chi connectivity index (χ0v) is 27.4.